The number of nitrogens with one attached hydrogen (secondary N) is 1. The average Bonchev–Trinajstić information content (AvgIpc) is 3.27. The van der Waals surface area contributed by atoms with Gasteiger partial charge in [0.2, 0.25) is 11.8 Å². The predicted octanol–water partition coefficient (Wildman–Crippen LogP) is 1.86. The minimum atomic E-state index is -0.727. The van der Waals surface area contributed by atoms with Gasteiger partial charge in [-0.15, -0.1) is 0 Å². The molecule has 1 aromatic heterocycles. The first-order valence-corrected chi connectivity index (χ1v) is 8.85. The highest BCUT2D eigenvalue weighted by atomic mass is 16.4. The van der Waals surface area contributed by atoms with Crippen LogP contribution >= 0.6 is 0 Å². The van der Waals surface area contributed by atoms with Gasteiger partial charge in [0.25, 0.3) is 0 Å². The van der Waals surface area contributed by atoms with Crippen molar-refractivity contribution in [3.8, 4) is 0 Å². The molecule has 3 atom stereocenters. The van der Waals surface area contributed by atoms with Crippen molar-refractivity contribution in [2.75, 3.05) is 13.1 Å². The molecule has 2 amide bonds. The minimum absolute atomic E-state index is 0.0255. The van der Waals surface area contributed by atoms with Crippen molar-refractivity contribution >= 4 is 11.8 Å². The lowest BCUT2D eigenvalue weighted by molar-refractivity contribution is -0.137. The zero-order chi connectivity index (χ0) is 17.1. The van der Waals surface area contributed by atoms with E-state index in [9.17, 15) is 14.7 Å². The van der Waals surface area contributed by atoms with Gasteiger partial charge in [0.05, 0.1) is 12.2 Å². The third-order valence-corrected chi connectivity index (χ3v) is 4.87. The van der Waals surface area contributed by atoms with Crippen molar-refractivity contribution in [1.82, 2.24) is 10.2 Å². The highest BCUT2D eigenvalue weighted by Gasteiger charge is 2.36. The smallest absolute Gasteiger partial charge is 0.225 e. The summed E-state index contributed by atoms with van der Waals surface area (Å²) in [4.78, 5) is 26.5. The van der Waals surface area contributed by atoms with Gasteiger partial charge in [-0.25, -0.2) is 0 Å². The third kappa shape index (κ3) is 4.17. The number of furan rings is 1. The Morgan fingerprint density at radius 3 is 2.83 bits per heavy atom. The second-order valence-corrected chi connectivity index (χ2v) is 7.07. The zero-order valence-electron chi connectivity index (χ0n) is 14.1. The molecular weight excluding hydrogens is 308 g/mol. The van der Waals surface area contributed by atoms with E-state index in [1.807, 2.05) is 11.8 Å². The molecule has 0 bridgehead atoms. The van der Waals surface area contributed by atoms with Crippen LogP contribution < -0.4 is 5.32 Å². The van der Waals surface area contributed by atoms with Gasteiger partial charge in [-0.3, -0.25) is 9.59 Å². The molecule has 2 fully saturated rings. The van der Waals surface area contributed by atoms with Gasteiger partial charge in [-0.2, -0.15) is 0 Å². The van der Waals surface area contributed by atoms with E-state index in [1.54, 1.807) is 12.1 Å². The Balaban J connectivity index is 1.47. The molecular formula is C18H26N2O4. The first-order valence-electron chi connectivity index (χ1n) is 8.85. The molecule has 0 spiro atoms. The topological polar surface area (TPSA) is 82.8 Å². The highest BCUT2D eigenvalue weighted by molar-refractivity contribution is 5.83. The van der Waals surface area contributed by atoms with Gasteiger partial charge in [0, 0.05) is 31.5 Å². The van der Waals surface area contributed by atoms with Crippen LogP contribution in [0, 0.1) is 11.8 Å². The normalized spacial score (nSPS) is 23.6. The number of hydrogen-bond donors (Lipinski definition) is 2. The van der Waals surface area contributed by atoms with Gasteiger partial charge in [0.1, 0.15) is 11.9 Å². The third-order valence-electron chi connectivity index (χ3n) is 4.87. The molecule has 0 radical (unpaired) electrons. The number of piperidine rings is 1. The Labute approximate surface area is 142 Å². The van der Waals surface area contributed by atoms with E-state index >= 15 is 0 Å². The van der Waals surface area contributed by atoms with Crippen molar-refractivity contribution in [3.05, 3.63) is 24.2 Å². The largest absolute Gasteiger partial charge is 0.467 e. The van der Waals surface area contributed by atoms with E-state index in [1.165, 1.54) is 6.26 Å². The van der Waals surface area contributed by atoms with Crippen LogP contribution in [-0.4, -0.2) is 41.0 Å². The molecule has 1 aliphatic heterocycles. The van der Waals surface area contributed by atoms with Crippen molar-refractivity contribution in [3.63, 3.8) is 0 Å². The number of amides is 2. The SMILES string of the molecule is CC(CC(O)c1ccco1)NC(=O)C1CCCN(C(=O)C2CC2)C1. The van der Waals surface area contributed by atoms with Crippen LogP contribution in [0.3, 0.4) is 0 Å². The molecule has 2 aliphatic rings. The van der Waals surface area contributed by atoms with Gasteiger partial charge in [0.15, 0.2) is 0 Å². The van der Waals surface area contributed by atoms with Gasteiger partial charge >= 0.3 is 0 Å². The summed E-state index contributed by atoms with van der Waals surface area (Å²) in [6.07, 6.45) is 4.87. The molecule has 3 rings (SSSR count). The molecule has 132 valence electrons. The summed E-state index contributed by atoms with van der Waals surface area (Å²) < 4.78 is 5.18. The zero-order valence-corrected chi connectivity index (χ0v) is 14.1. The molecule has 2 N–H and O–H groups in total. The Morgan fingerprint density at radius 1 is 1.38 bits per heavy atom. The van der Waals surface area contributed by atoms with Gasteiger partial charge < -0.3 is 19.7 Å². The summed E-state index contributed by atoms with van der Waals surface area (Å²) in [5.74, 6) is 0.755. The number of carbonyl (C=O) groups is 2. The molecule has 1 saturated carbocycles. The van der Waals surface area contributed by atoms with Crippen molar-refractivity contribution in [2.45, 2.75) is 51.2 Å². The molecule has 2 heterocycles. The number of nitrogens with zero attached hydrogens (tertiary/aromatic N) is 1. The number of hydrogen-bond acceptors (Lipinski definition) is 4. The lowest BCUT2D eigenvalue weighted by Crippen LogP contribution is -2.47. The Kier molecular flexibility index (Phi) is 5.23. The molecule has 24 heavy (non-hydrogen) atoms. The fourth-order valence-corrected chi connectivity index (χ4v) is 3.33. The molecule has 1 aliphatic carbocycles. The lowest BCUT2D eigenvalue weighted by Gasteiger charge is -2.33. The van der Waals surface area contributed by atoms with Crippen LogP contribution in [-0.2, 0) is 9.59 Å². The van der Waals surface area contributed by atoms with Crippen molar-refractivity contribution in [1.29, 1.82) is 0 Å². The first kappa shape index (κ1) is 17.0. The summed E-state index contributed by atoms with van der Waals surface area (Å²) in [5, 5.41) is 13.1. The van der Waals surface area contributed by atoms with Crippen LogP contribution in [0.5, 0.6) is 0 Å². The second-order valence-electron chi connectivity index (χ2n) is 7.07. The summed E-state index contributed by atoms with van der Waals surface area (Å²) in [5.41, 5.74) is 0. The van der Waals surface area contributed by atoms with Gasteiger partial charge in [-0.1, -0.05) is 0 Å². The maximum absolute atomic E-state index is 12.5. The van der Waals surface area contributed by atoms with E-state index in [2.05, 4.69) is 5.32 Å². The Morgan fingerprint density at radius 2 is 2.17 bits per heavy atom. The Bertz CT molecular complexity index is 568. The fraction of sp³-hybridized carbons (Fsp3) is 0.667. The quantitative estimate of drug-likeness (QED) is 0.832. The molecule has 1 saturated heterocycles. The van der Waals surface area contributed by atoms with Crippen LogP contribution in [0.1, 0.15) is 50.9 Å². The Hall–Kier alpha value is -1.82. The molecule has 6 nitrogen and oxygen atoms in total. The van der Waals surface area contributed by atoms with Crippen LogP contribution in [0.2, 0.25) is 0 Å². The van der Waals surface area contributed by atoms with E-state index in [-0.39, 0.29) is 29.7 Å². The maximum Gasteiger partial charge on any atom is 0.225 e. The van der Waals surface area contributed by atoms with Crippen molar-refractivity contribution < 1.29 is 19.1 Å². The molecule has 3 unspecified atom stereocenters. The summed E-state index contributed by atoms with van der Waals surface area (Å²) >= 11 is 0. The van der Waals surface area contributed by atoms with Gasteiger partial charge in [-0.05, 0) is 44.7 Å². The van der Waals surface area contributed by atoms with Crippen LogP contribution in [0.25, 0.3) is 0 Å². The first-order chi connectivity index (χ1) is 11.5. The van der Waals surface area contributed by atoms with Crippen LogP contribution in [0.4, 0.5) is 0 Å². The van der Waals surface area contributed by atoms with E-state index in [4.69, 9.17) is 4.42 Å². The number of rotatable bonds is 6. The van der Waals surface area contributed by atoms with Crippen LogP contribution in [0.15, 0.2) is 22.8 Å². The molecule has 6 heteroatoms. The van der Waals surface area contributed by atoms with Crippen molar-refractivity contribution in [2.24, 2.45) is 11.8 Å². The lowest BCUT2D eigenvalue weighted by atomic mass is 9.96. The minimum Gasteiger partial charge on any atom is -0.467 e. The summed E-state index contributed by atoms with van der Waals surface area (Å²) in [7, 11) is 0. The average molecular weight is 334 g/mol. The second kappa shape index (κ2) is 7.38. The predicted molar refractivity (Wildman–Crippen MR) is 87.9 cm³/mol. The molecule has 0 aromatic carbocycles. The standard InChI is InChI=1S/C18H26N2O4/c1-12(10-15(21)16-5-3-9-24-16)19-17(22)14-4-2-8-20(11-14)18(23)13-6-7-13/h3,5,9,12-15,21H,2,4,6-8,10-11H2,1H3,(H,19,22). The number of carbonyl (C=O) groups excluding carboxylic acids is 2. The number of aliphatic hydroxyl groups excluding tert-OH is 1. The fourth-order valence-electron chi connectivity index (χ4n) is 3.33. The van der Waals surface area contributed by atoms with E-state index < -0.39 is 6.10 Å². The maximum atomic E-state index is 12.5. The van der Waals surface area contributed by atoms with E-state index in [0.29, 0.717) is 18.7 Å². The molecule has 1 aromatic rings. The van der Waals surface area contributed by atoms with E-state index in [0.717, 1.165) is 32.2 Å². The highest BCUT2D eigenvalue weighted by Crippen LogP contribution is 2.32. The monoisotopic (exact) mass is 334 g/mol. The number of aliphatic hydroxyl groups is 1. The number of likely N-dealkylation sites (tertiary alicyclic amines) is 1. The summed E-state index contributed by atoms with van der Waals surface area (Å²) in [6.45, 7) is 3.17. The summed E-state index contributed by atoms with van der Waals surface area (Å²) in [6, 6.07) is 3.30.